The maximum Gasteiger partial charge on any atom is 0.179 e. The molecule has 8 bridgehead atoms. The number of unbranched alkanes of at least 4 members (excludes halogenated alkanes) is 1. The molecule has 6 unspecified atom stereocenters. The molecule has 57 heavy (non-hydrogen) atoms. The van der Waals surface area contributed by atoms with Gasteiger partial charge in [-0.1, -0.05) is 104 Å². The molecule has 0 N–H and O–H groups in total. The van der Waals surface area contributed by atoms with E-state index in [-0.39, 0.29) is 22.8 Å². The monoisotopic (exact) mass is 789 g/mol. The number of halogens is 4. The molecule has 11 rings (SSSR count). The fraction of sp³-hybridized carbons (Fsp3) is 0.769. The maximum atomic E-state index is 20.2. The van der Waals surface area contributed by atoms with Crippen molar-refractivity contribution in [2.75, 3.05) is 7.11 Å². The summed E-state index contributed by atoms with van der Waals surface area (Å²) in [7, 11) is 1.69. The molecule has 0 spiro atoms. The second-order valence-corrected chi connectivity index (χ2v) is 22.5. The van der Waals surface area contributed by atoms with Gasteiger partial charge in [-0.25, -0.2) is 17.6 Å². The lowest BCUT2D eigenvalue weighted by Crippen LogP contribution is -2.77. The Bertz CT molecular complexity index is 1750. The number of rotatable bonds is 11. The summed E-state index contributed by atoms with van der Waals surface area (Å²) >= 11 is 0. The number of hydrogen-bond donors (Lipinski definition) is 0. The molecule has 0 radical (unpaired) electrons. The first-order chi connectivity index (χ1) is 27.0. The molecule has 0 saturated heterocycles. The van der Waals surface area contributed by atoms with Crippen LogP contribution in [0.3, 0.4) is 0 Å². The first-order valence-electron chi connectivity index (χ1n) is 23.5. The fourth-order valence-electron chi connectivity index (χ4n) is 17.2. The van der Waals surface area contributed by atoms with Crippen LogP contribution >= 0.6 is 0 Å². The third-order valence-electron chi connectivity index (χ3n) is 18.6. The van der Waals surface area contributed by atoms with Crippen molar-refractivity contribution in [1.82, 2.24) is 0 Å². The average Bonchev–Trinajstić information content (AvgIpc) is 3.16. The van der Waals surface area contributed by atoms with Crippen molar-refractivity contribution in [1.29, 1.82) is 0 Å². The van der Waals surface area contributed by atoms with Crippen molar-refractivity contribution in [3.8, 4) is 5.75 Å². The summed E-state index contributed by atoms with van der Waals surface area (Å²) in [6.07, 6.45) is 13.5. The van der Waals surface area contributed by atoms with Gasteiger partial charge in [-0.2, -0.15) is 0 Å². The van der Waals surface area contributed by atoms with Crippen molar-refractivity contribution in [2.45, 2.75) is 185 Å². The lowest BCUT2D eigenvalue weighted by atomic mass is 9.40. The first-order valence-corrected chi connectivity index (χ1v) is 23.5. The molecule has 6 atom stereocenters. The Hall–Kier alpha value is -2.04. The number of benzene rings is 2. The minimum Gasteiger partial charge on any atom is -0.496 e. The van der Waals surface area contributed by atoms with Crippen LogP contribution in [0.25, 0.3) is 0 Å². The molecule has 0 amide bonds. The van der Waals surface area contributed by atoms with Crippen molar-refractivity contribution >= 4 is 0 Å². The van der Waals surface area contributed by atoms with Gasteiger partial charge in [0.1, 0.15) is 11.9 Å². The summed E-state index contributed by atoms with van der Waals surface area (Å²) < 4.78 is 85.3. The van der Waals surface area contributed by atoms with Crippen LogP contribution in [0.4, 0.5) is 17.6 Å². The Balaban J connectivity index is 1.36. The Kier molecular flexibility index (Phi) is 9.73. The van der Waals surface area contributed by atoms with Crippen LogP contribution in [-0.2, 0) is 16.5 Å². The highest BCUT2D eigenvalue weighted by Crippen LogP contribution is 2.76. The SMILES string of the molecule is CCCCC1(C(C)C)C(F)C(F)(C(C)C)C(c2ccc(C34CC5CC(CC(C5)C3)C4)c(C34CC5CC(CC(C5)C3)C4)c2OC)C(F)(C(C)C)C1(F)c1ccccc1. The number of hydrogen-bond acceptors (Lipinski definition) is 1. The largest absolute Gasteiger partial charge is 0.496 e. The van der Waals surface area contributed by atoms with E-state index in [0.717, 1.165) is 37.0 Å². The minimum atomic E-state index is -2.85. The molecule has 9 saturated carbocycles. The van der Waals surface area contributed by atoms with Crippen LogP contribution in [-0.4, -0.2) is 24.6 Å². The van der Waals surface area contributed by atoms with E-state index in [1.165, 1.54) is 68.9 Å². The van der Waals surface area contributed by atoms with Gasteiger partial charge in [-0.05, 0) is 153 Å². The average molecular weight is 789 g/mol. The van der Waals surface area contributed by atoms with E-state index in [2.05, 4.69) is 6.07 Å². The standard InChI is InChI=1S/C52H72F4O/c1-9-10-18-49(31(2)3)46(53)50(54,32(4)5)45(51(55,33(6)7)52(49,56)40-14-12-11-13-15-40)41-16-17-42(47-25-34-19-35(26-47)21-36(20-34)27-47)43(44(41)57-8)48-28-37-22-38(29-48)24-39(23-37)30-48/h11-17,31-39,45-46H,9-10,18-30H2,1-8H3. The summed E-state index contributed by atoms with van der Waals surface area (Å²) in [6.45, 7) is 12.4. The predicted octanol–water partition coefficient (Wildman–Crippen LogP) is 14.5. The summed E-state index contributed by atoms with van der Waals surface area (Å²) in [5.41, 5.74) is -7.45. The van der Waals surface area contributed by atoms with Gasteiger partial charge in [-0.15, -0.1) is 0 Å². The minimum absolute atomic E-state index is 0.0188. The number of alkyl halides is 4. The van der Waals surface area contributed by atoms with Crippen molar-refractivity contribution in [3.05, 3.63) is 64.7 Å². The van der Waals surface area contributed by atoms with Crippen LogP contribution in [0.2, 0.25) is 0 Å². The topological polar surface area (TPSA) is 9.23 Å². The van der Waals surface area contributed by atoms with E-state index in [1.807, 2.05) is 13.0 Å². The summed E-state index contributed by atoms with van der Waals surface area (Å²) in [5, 5.41) is 0. The highest BCUT2D eigenvalue weighted by molar-refractivity contribution is 5.59. The molecular formula is C52H72F4O. The molecule has 2 aromatic carbocycles. The smallest absolute Gasteiger partial charge is 0.179 e. The highest BCUT2D eigenvalue weighted by atomic mass is 19.2. The first kappa shape index (κ1) is 40.4. The molecule has 5 heteroatoms. The third-order valence-corrected chi connectivity index (χ3v) is 18.6. The molecule has 9 aliphatic carbocycles. The van der Waals surface area contributed by atoms with Crippen LogP contribution in [0.1, 0.15) is 173 Å². The Morgan fingerprint density at radius 2 is 1.14 bits per heavy atom. The lowest BCUT2D eigenvalue weighted by molar-refractivity contribution is -0.295. The molecule has 0 heterocycles. The summed E-state index contributed by atoms with van der Waals surface area (Å²) in [5.74, 6) is 0.331. The van der Waals surface area contributed by atoms with E-state index in [1.54, 1.807) is 79.0 Å². The Labute approximate surface area is 342 Å². The van der Waals surface area contributed by atoms with Gasteiger partial charge in [-0.3, -0.25) is 0 Å². The fourth-order valence-corrected chi connectivity index (χ4v) is 17.2. The van der Waals surface area contributed by atoms with E-state index >= 15 is 17.6 Å². The second-order valence-electron chi connectivity index (χ2n) is 22.5. The molecule has 9 aliphatic rings. The molecule has 0 aromatic heterocycles. The van der Waals surface area contributed by atoms with Crippen molar-refractivity contribution in [2.24, 2.45) is 58.7 Å². The van der Waals surface area contributed by atoms with Crippen LogP contribution < -0.4 is 4.74 Å². The van der Waals surface area contributed by atoms with Crippen molar-refractivity contribution < 1.29 is 22.3 Å². The highest BCUT2D eigenvalue weighted by Gasteiger charge is 2.83. The number of ether oxygens (including phenoxy) is 1. The zero-order chi connectivity index (χ0) is 40.5. The van der Waals surface area contributed by atoms with Crippen LogP contribution in [0.15, 0.2) is 42.5 Å². The third kappa shape index (κ3) is 5.29. The van der Waals surface area contributed by atoms with Crippen molar-refractivity contribution in [3.63, 3.8) is 0 Å². The zero-order valence-corrected chi connectivity index (χ0v) is 36.4. The van der Waals surface area contributed by atoms with Gasteiger partial charge >= 0.3 is 0 Å². The quantitative estimate of drug-likeness (QED) is 0.206. The van der Waals surface area contributed by atoms with E-state index in [4.69, 9.17) is 4.74 Å². The molecule has 314 valence electrons. The van der Waals surface area contributed by atoms with Crippen LogP contribution in [0, 0.1) is 58.7 Å². The molecular weight excluding hydrogens is 717 g/mol. The normalized spacial score (nSPS) is 45.8. The zero-order valence-electron chi connectivity index (χ0n) is 36.4. The van der Waals surface area contributed by atoms with E-state index in [0.29, 0.717) is 41.9 Å². The lowest BCUT2D eigenvalue weighted by Gasteiger charge is -2.67. The molecule has 1 nitrogen and oxygen atoms in total. The predicted molar refractivity (Wildman–Crippen MR) is 224 cm³/mol. The summed E-state index contributed by atoms with van der Waals surface area (Å²) in [4.78, 5) is 0. The van der Waals surface area contributed by atoms with Gasteiger partial charge in [0.05, 0.1) is 13.0 Å². The Morgan fingerprint density at radius 3 is 1.56 bits per heavy atom. The van der Waals surface area contributed by atoms with Gasteiger partial charge < -0.3 is 4.74 Å². The molecule has 2 aromatic rings. The Morgan fingerprint density at radius 1 is 0.649 bits per heavy atom. The molecule has 9 fully saturated rings. The van der Waals surface area contributed by atoms with Gasteiger partial charge in [0.15, 0.2) is 17.0 Å². The van der Waals surface area contributed by atoms with Gasteiger partial charge in [0.25, 0.3) is 0 Å². The second kappa shape index (κ2) is 13.7. The maximum absolute atomic E-state index is 20.2. The molecule has 0 aliphatic heterocycles. The van der Waals surface area contributed by atoms with E-state index in [9.17, 15) is 0 Å². The van der Waals surface area contributed by atoms with Crippen LogP contribution in [0.5, 0.6) is 5.75 Å². The summed E-state index contributed by atoms with van der Waals surface area (Å²) in [6, 6.07) is 12.7. The van der Waals surface area contributed by atoms with Gasteiger partial charge in [0, 0.05) is 22.0 Å². The number of methoxy groups -OCH3 is 1. The van der Waals surface area contributed by atoms with E-state index < -0.39 is 52.3 Å². The van der Waals surface area contributed by atoms with Gasteiger partial charge in [0.2, 0.25) is 0 Å².